The Hall–Kier alpha value is -1.24. The summed E-state index contributed by atoms with van der Waals surface area (Å²) in [4.78, 5) is 6.85. The van der Waals surface area contributed by atoms with Crippen molar-refractivity contribution in [3.05, 3.63) is 5.82 Å². The second-order valence-corrected chi connectivity index (χ2v) is 8.22. The summed E-state index contributed by atoms with van der Waals surface area (Å²) in [5.74, 6) is 2.56. The van der Waals surface area contributed by atoms with E-state index in [4.69, 9.17) is 5.73 Å². The van der Waals surface area contributed by atoms with Crippen LogP contribution in [-0.2, 0) is 6.42 Å². The highest BCUT2D eigenvalue weighted by Crippen LogP contribution is 2.33. The van der Waals surface area contributed by atoms with Crippen molar-refractivity contribution in [1.29, 1.82) is 0 Å². The molecule has 2 heterocycles. The molecule has 6 nitrogen and oxygen atoms in total. The lowest BCUT2D eigenvalue weighted by molar-refractivity contribution is 0.270. The quantitative estimate of drug-likeness (QED) is 0.363. The number of hydrogen-bond acceptors (Lipinski definition) is 4. The number of nitrogens with two attached hydrogens (primary N) is 1. The Kier molecular flexibility index (Phi) is 6.62. The van der Waals surface area contributed by atoms with Crippen LogP contribution in [-0.4, -0.2) is 51.5 Å². The Labute approximate surface area is 155 Å². The zero-order valence-electron chi connectivity index (χ0n) is 15.7. The summed E-state index contributed by atoms with van der Waals surface area (Å²) in [6.45, 7) is 5.15. The topological polar surface area (TPSA) is 72.3 Å². The molecular weight excluding hydrogens is 332 g/mol. The zero-order valence-corrected chi connectivity index (χ0v) is 16.5. The number of aliphatic imine (C=N–C) groups is 1. The molecule has 1 unspecified atom stereocenters. The first-order valence-electron chi connectivity index (χ1n) is 9.71. The van der Waals surface area contributed by atoms with Gasteiger partial charge in [-0.1, -0.05) is 31.5 Å². The highest BCUT2D eigenvalue weighted by Gasteiger charge is 2.23. The SMILES string of the molecule is CSc1nnc(CCCN=C(N)N2CCCC(C)C2)n1C1CCCC1. The van der Waals surface area contributed by atoms with Gasteiger partial charge in [-0.2, -0.15) is 0 Å². The maximum atomic E-state index is 6.18. The first-order chi connectivity index (χ1) is 12.2. The van der Waals surface area contributed by atoms with Crippen molar-refractivity contribution in [2.24, 2.45) is 16.6 Å². The maximum absolute atomic E-state index is 6.18. The van der Waals surface area contributed by atoms with Crippen molar-refractivity contribution in [1.82, 2.24) is 19.7 Å². The molecule has 1 saturated carbocycles. The molecule has 0 bridgehead atoms. The van der Waals surface area contributed by atoms with Gasteiger partial charge in [0.2, 0.25) is 0 Å². The van der Waals surface area contributed by atoms with Crippen LogP contribution in [0.2, 0.25) is 0 Å². The maximum Gasteiger partial charge on any atom is 0.191 e. The van der Waals surface area contributed by atoms with Crippen LogP contribution in [0.1, 0.15) is 63.7 Å². The molecule has 0 radical (unpaired) electrons. The van der Waals surface area contributed by atoms with E-state index in [1.807, 2.05) is 0 Å². The molecule has 7 heteroatoms. The number of nitrogens with zero attached hydrogens (tertiary/aromatic N) is 5. The van der Waals surface area contributed by atoms with E-state index in [1.54, 1.807) is 11.8 Å². The van der Waals surface area contributed by atoms with E-state index in [0.717, 1.165) is 49.4 Å². The van der Waals surface area contributed by atoms with Crippen LogP contribution in [0.25, 0.3) is 0 Å². The summed E-state index contributed by atoms with van der Waals surface area (Å²) in [5.41, 5.74) is 6.18. The molecule has 2 fully saturated rings. The van der Waals surface area contributed by atoms with Crippen molar-refractivity contribution in [2.75, 3.05) is 25.9 Å². The first-order valence-corrected chi connectivity index (χ1v) is 10.9. The van der Waals surface area contributed by atoms with Crippen LogP contribution in [0.5, 0.6) is 0 Å². The summed E-state index contributed by atoms with van der Waals surface area (Å²) in [6, 6.07) is 0.593. The average Bonchev–Trinajstić information content (AvgIpc) is 3.27. The minimum Gasteiger partial charge on any atom is -0.370 e. The van der Waals surface area contributed by atoms with Crippen LogP contribution >= 0.6 is 11.8 Å². The van der Waals surface area contributed by atoms with Crippen LogP contribution in [0.15, 0.2) is 10.1 Å². The molecule has 2 aliphatic rings. The largest absolute Gasteiger partial charge is 0.370 e. The van der Waals surface area contributed by atoms with Crippen molar-refractivity contribution in [3.63, 3.8) is 0 Å². The van der Waals surface area contributed by atoms with Crippen LogP contribution in [0.3, 0.4) is 0 Å². The minimum absolute atomic E-state index is 0.593. The van der Waals surface area contributed by atoms with Gasteiger partial charge in [-0.3, -0.25) is 4.99 Å². The lowest BCUT2D eigenvalue weighted by Gasteiger charge is -2.31. The van der Waals surface area contributed by atoms with Gasteiger partial charge in [-0.25, -0.2) is 0 Å². The molecule has 1 aromatic rings. The Morgan fingerprint density at radius 3 is 2.76 bits per heavy atom. The van der Waals surface area contributed by atoms with Crippen LogP contribution < -0.4 is 5.73 Å². The van der Waals surface area contributed by atoms with E-state index in [0.29, 0.717) is 12.0 Å². The third-order valence-corrected chi connectivity index (χ3v) is 6.06. The number of thioether (sulfide) groups is 1. The summed E-state index contributed by atoms with van der Waals surface area (Å²) in [7, 11) is 0. The lowest BCUT2D eigenvalue weighted by atomic mass is 10.0. The van der Waals surface area contributed by atoms with Gasteiger partial charge < -0.3 is 15.2 Å². The van der Waals surface area contributed by atoms with Crippen molar-refractivity contribution in [3.8, 4) is 0 Å². The van der Waals surface area contributed by atoms with Gasteiger partial charge in [-0.15, -0.1) is 10.2 Å². The molecule has 0 aromatic carbocycles. The lowest BCUT2D eigenvalue weighted by Crippen LogP contribution is -2.43. The second-order valence-electron chi connectivity index (χ2n) is 7.45. The molecule has 1 aliphatic heterocycles. The van der Waals surface area contributed by atoms with Crippen LogP contribution in [0.4, 0.5) is 0 Å². The molecule has 140 valence electrons. The molecule has 1 saturated heterocycles. The molecule has 0 spiro atoms. The van der Waals surface area contributed by atoms with Gasteiger partial charge in [0.1, 0.15) is 5.82 Å². The van der Waals surface area contributed by atoms with Gasteiger partial charge >= 0.3 is 0 Å². The van der Waals surface area contributed by atoms with E-state index >= 15 is 0 Å². The van der Waals surface area contributed by atoms with Gasteiger partial charge in [0.15, 0.2) is 11.1 Å². The molecule has 1 aromatic heterocycles. The average molecular weight is 365 g/mol. The smallest absolute Gasteiger partial charge is 0.191 e. The Morgan fingerprint density at radius 2 is 2.04 bits per heavy atom. The molecular formula is C18H32N6S. The van der Waals surface area contributed by atoms with Gasteiger partial charge in [0, 0.05) is 32.1 Å². The Bertz CT molecular complexity index is 578. The van der Waals surface area contributed by atoms with Gasteiger partial charge in [-0.05, 0) is 44.3 Å². The molecule has 1 atom stereocenters. The highest BCUT2D eigenvalue weighted by molar-refractivity contribution is 7.98. The van der Waals surface area contributed by atoms with E-state index in [-0.39, 0.29) is 0 Å². The standard InChI is InChI=1S/C18H32N6S/c1-14-7-6-12-23(13-14)17(19)20-11-5-10-16-21-22-18(25-2)24(16)15-8-3-4-9-15/h14-15H,3-13H2,1-2H3,(H2,19,20). The minimum atomic E-state index is 0.593. The Balaban J connectivity index is 1.53. The predicted octanol–water partition coefficient (Wildman–Crippen LogP) is 3.09. The monoisotopic (exact) mass is 364 g/mol. The number of aromatic nitrogens is 3. The fourth-order valence-corrected chi connectivity index (χ4v) is 4.65. The third-order valence-electron chi connectivity index (χ3n) is 5.42. The highest BCUT2D eigenvalue weighted by atomic mass is 32.2. The van der Waals surface area contributed by atoms with Crippen molar-refractivity contribution >= 4 is 17.7 Å². The van der Waals surface area contributed by atoms with E-state index in [2.05, 4.69) is 37.8 Å². The second kappa shape index (κ2) is 8.92. The molecule has 25 heavy (non-hydrogen) atoms. The fourth-order valence-electron chi connectivity index (χ4n) is 4.07. The molecule has 1 aliphatic carbocycles. The predicted molar refractivity (Wildman–Crippen MR) is 104 cm³/mol. The molecule has 3 rings (SSSR count). The Morgan fingerprint density at radius 1 is 1.24 bits per heavy atom. The molecule has 2 N–H and O–H groups in total. The summed E-state index contributed by atoms with van der Waals surface area (Å²) >= 11 is 1.70. The zero-order chi connectivity index (χ0) is 17.6. The number of aryl methyl sites for hydroxylation is 1. The summed E-state index contributed by atoms with van der Waals surface area (Å²) in [5, 5.41) is 9.89. The van der Waals surface area contributed by atoms with Crippen molar-refractivity contribution in [2.45, 2.75) is 69.5 Å². The first kappa shape index (κ1) is 18.5. The van der Waals surface area contributed by atoms with E-state index in [9.17, 15) is 0 Å². The normalized spacial score (nSPS) is 22.7. The summed E-state index contributed by atoms with van der Waals surface area (Å²) < 4.78 is 2.39. The number of likely N-dealkylation sites (tertiary alicyclic amines) is 1. The van der Waals surface area contributed by atoms with Crippen LogP contribution in [0, 0.1) is 5.92 Å². The number of hydrogen-bond donors (Lipinski definition) is 1. The van der Waals surface area contributed by atoms with Crippen molar-refractivity contribution < 1.29 is 0 Å². The van der Waals surface area contributed by atoms with E-state index in [1.165, 1.54) is 38.5 Å². The fraction of sp³-hybridized carbons (Fsp3) is 0.833. The van der Waals surface area contributed by atoms with Gasteiger partial charge in [0.05, 0.1) is 0 Å². The number of guanidine groups is 1. The van der Waals surface area contributed by atoms with Gasteiger partial charge in [0.25, 0.3) is 0 Å². The third kappa shape index (κ3) is 4.68. The number of rotatable bonds is 6. The van der Waals surface area contributed by atoms with E-state index < -0.39 is 0 Å². The summed E-state index contributed by atoms with van der Waals surface area (Å²) in [6.07, 6.45) is 11.7. The number of piperidine rings is 1. The molecule has 0 amide bonds.